The summed E-state index contributed by atoms with van der Waals surface area (Å²) in [6, 6.07) is 0.907. The van der Waals surface area contributed by atoms with Crippen molar-refractivity contribution in [1.82, 2.24) is 19.9 Å². The first kappa shape index (κ1) is 14.2. The molecule has 2 aliphatic carbocycles. The molecule has 5 heteroatoms. The standard InChI is InChI=1S/C17H26N4O/c22-17(20-11-10-13-6-4-5-9-16(13)20)15-12-21(19-18-15)14-7-2-1-3-8-14/h12-14,16H,1-11H2/t13-,16+/m0/s1. The summed E-state index contributed by atoms with van der Waals surface area (Å²) in [4.78, 5) is 14.9. The molecule has 0 radical (unpaired) electrons. The molecule has 2 atom stereocenters. The predicted octanol–water partition coefficient (Wildman–Crippen LogP) is 3.19. The van der Waals surface area contributed by atoms with Crippen LogP contribution in [0.4, 0.5) is 0 Å². The van der Waals surface area contributed by atoms with E-state index in [1.54, 1.807) is 0 Å². The van der Waals surface area contributed by atoms with Crippen LogP contribution in [-0.2, 0) is 0 Å². The highest BCUT2D eigenvalue weighted by molar-refractivity contribution is 5.92. The zero-order chi connectivity index (χ0) is 14.9. The van der Waals surface area contributed by atoms with E-state index in [0.717, 1.165) is 12.5 Å². The van der Waals surface area contributed by atoms with Crippen molar-refractivity contribution < 1.29 is 4.79 Å². The van der Waals surface area contributed by atoms with Gasteiger partial charge in [0.1, 0.15) is 0 Å². The summed E-state index contributed by atoms with van der Waals surface area (Å²) < 4.78 is 1.95. The minimum atomic E-state index is 0.108. The van der Waals surface area contributed by atoms with Crippen molar-refractivity contribution in [3.05, 3.63) is 11.9 Å². The number of rotatable bonds is 2. The Hall–Kier alpha value is -1.39. The molecular formula is C17H26N4O. The van der Waals surface area contributed by atoms with Crippen LogP contribution in [0.2, 0.25) is 0 Å². The number of fused-ring (bicyclic) bond motifs is 1. The molecule has 2 heterocycles. The quantitative estimate of drug-likeness (QED) is 0.843. The molecule has 0 spiro atoms. The molecule has 0 aromatic carbocycles. The van der Waals surface area contributed by atoms with Crippen molar-refractivity contribution in [1.29, 1.82) is 0 Å². The molecule has 22 heavy (non-hydrogen) atoms. The highest BCUT2D eigenvalue weighted by Crippen LogP contribution is 2.36. The van der Waals surface area contributed by atoms with Crippen LogP contribution in [0.1, 0.15) is 80.7 Å². The summed E-state index contributed by atoms with van der Waals surface area (Å²) in [6.45, 7) is 0.907. The van der Waals surface area contributed by atoms with Gasteiger partial charge in [-0.2, -0.15) is 0 Å². The van der Waals surface area contributed by atoms with Gasteiger partial charge in [-0.3, -0.25) is 4.79 Å². The number of aromatic nitrogens is 3. The number of hydrogen-bond donors (Lipinski definition) is 0. The van der Waals surface area contributed by atoms with Crippen LogP contribution in [0, 0.1) is 5.92 Å². The highest BCUT2D eigenvalue weighted by atomic mass is 16.2. The Morgan fingerprint density at radius 3 is 2.64 bits per heavy atom. The lowest BCUT2D eigenvalue weighted by Gasteiger charge is -2.31. The molecule has 3 aliphatic rings. The molecule has 1 saturated heterocycles. The molecule has 0 unspecified atom stereocenters. The highest BCUT2D eigenvalue weighted by Gasteiger charge is 2.39. The fraction of sp³-hybridized carbons (Fsp3) is 0.824. The molecule has 4 rings (SSSR count). The van der Waals surface area contributed by atoms with Crippen LogP contribution in [-0.4, -0.2) is 38.4 Å². The zero-order valence-corrected chi connectivity index (χ0v) is 13.3. The minimum absolute atomic E-state index is 0.108. The van der Waals surface area contributed by atoms with Gasteiger partial charge in [0.05, 0.1) is 12.2 Å². The zero-order valence-electron chi connectivity index (χ0n) is 13.3. The van der Waals surface area contributed by atoms with Crippen molar-refractivity contribution in [2.75, 3.05) is 6.54 Å². The van der Waals surface area contributed by atoms with Gasteiger partial charge >= 0.3 is 0 Å². The van der Waals surface area contributed by atoms with E-state index in [9.17, 15) is 4.79 Å². The fourth-order valence-electron chi connectivity index (χ4n) is 4.70. The van der Waals surface area contributed by atoms with E-state index in [1.807, 2.05) is 10.9 Å². The monoisotopic (exact) mass is 302 g/mol. The summed E-state index contributed by atoms with van der Waals surface area (Å²) in [6.07, 6.45) is 14.3. The second-order valence-corrected chi connectivity index (χ2v) is 7.27. The number of amides is 1. The van der Waals surface area contributed by atoms with Gasteiger partial charge in [0, 0.05) is 12.6 Å². The van der Waals surface area contributed by atoms with Gasteiger partial charge in [-0.25, -0.2) is 4.68 Å². The number of hydrogen-bond acceptors (Lipinski definition) is 3. The summed E-state index contributed by atoms with van der Waals surface area (Å²) in [5.41, 5.74) is 0.553. The molecule has 0 bridgehead atoms. The van der Waals surface area contributed by atoms with E-state index < -0.39 is 0 Å². The van der Waals surface area contributed by atoms with Crippen molar-refractivity contribution in [3.63, 3.8) is 0 Å². The topological polar surface area (TPSA) is 51.0 Å². The van der Waals surface area contributed by atoms with E-state index in [1.165, 1.54) is 64.2 Å². The molecule has 1 amide bonds. The van der Waals surface area contributed by atoms with Crippen molar-refractivity contribution in [2.24, 2.45) is 5.92 Å². The molecule has 0 N–H and O–H groups in total. The largest absolute Gasteiger partial charge is 0.334 e. The Bertz CT molecular complexity index is 535. The Labute approximate surface area is 132 Å². The molecule has 1 aromatic rings. The van der Waals surface area contributed by atoms with Gasteiger partial charge in [-0.1, -0.05) is 37.3 Å². The third kappa shape index (κ3) is 2.55. The molecular weight excluding hydrogens is 276 g/mol. The van der Waals surface area contributed by atoms with Gasteiger partial charge in [0.25, 0.3) is 5.91 Å². The van der Waals surface area contributed by atoms with E-state index in [2.05, 4.69) is 15.2 Å². The van der Waals surface area contributed by atoms with Crippen molar-refractivity contribution >= 4 is 5.91 Å². The smallest absolute Gasteiger partial charge is 0.276 e. The molecule has 1 aromatic heterocycles. The Morgan fingerprint density at radius 1 is 1.00 bits per heavy atom. The Morgan fingerprint density at radius 2 is 1.77 bits per heavy atom. The van der Waals surface area contributed by atoms with Crippen LogP contribution < -0.4 is 0 Å². The molecule has 1 aliphatic heterocycles. The van der Waals surface area contributed by atoms with Crippen molar-refractivity contribution in [3.8, 4) is 0 Å². The predicted molar refractivity (Wildman–Crippen MR) is 83.5 cm³/mol. The van der Waals surface area contributed by atoms with Crippen LogP contribution in [0.5, 0.6) is 0 Å². The second kappa shape index (κ2) is 6.01. The van der Waals surface area contributed by atoms with Gasteiger partial charge in [0.2, 0.25) is 0 Å². The average Bonchev–Trinajstić information content (AvgIpc) is 3.22. The Kier molecular flexibility index (Phi) is 3.89. The number of likely N-dealkylation sites (tertiary alicyclic amines) is 1. The summed E-state index contributed by atoms with van der Waals surface area (Å²) in [5, 5.41) is 8.45. The summed E-state index contributed by atoms with van der Waals surface area (Å²) >= 11 is 0. The number of nitrogens with zero attached hydrogens (tertiary/aromatic N) is 4. The average molecular weight is 302 g/mol. The number of carbonyl (C=O) groups excluding carboxylic acids is 1. The first-order valence-corrected chi connectivity index (χ1v) is 9.06. The van der Waals surface area contributed by atoms with Gasteiger partial charge in [0.15, 0.2) is 5.69 Å². The van der Waals surface area contributed by atoms with Crippen LogP contribution in [0.25, 0.3) is 0 Å². The van der Waals surface area contributed by atoms with E-state index in [-0.39, 0.29) is 5.91 Å². The van der Waals surface area contributed by atoms with Gasteiger partial charge < -0.3 is 4.90 Å². The first-order valence-electron chi connectivity index (χ1n) is 9.06. The van der Waals surface area contributed by atoms with Crippen LogP contribution >= 0.6 is 0 Å². The summed E-state index contributed by atoms with van der Waals surface area (Å²) in [5.74, 6) is 0.836. The maximum Gasteiger partial charge on any atom is 0.276 e. The first-order chi connectivity index (χ1) is 10.8. The van der Waals surface area contributed by atoms with Crippen molar-refractivity contribution in [2.45, 2.75) is 76.3 Å². The van der Waals surface area contributed by atoms with E-state index in [0.29, 0.717) is 17.8 Å². The molecule has 3 fully saturated rings. The summed E-state index contributed by atoms with van der Waals surface area (Å²) in [7, 11) is 0. The van der Waals surface area contributed by atoms with E-state index >= 15 is 0 Å². The van der Waals surface area contributed by atoms with Crippen LogP contribution in [0.3, 0.4) is 0 Å². The molecule has 2 saturated carbocycles. The molecule has 120 valence electrons. The van der Waals surface area contributed by atoms with E-state index in [4.69, 9.17) is 0 Å². The maximum atomic E-state index is 12.8. The fourth-order valence-corrected chi connectivity index (χ4v) is 4.70. The normalized spacial score (nSPS) is 29.5. The minimum Gasteiger partial charge on any atom is -0.334 e. The lowest BCUT2D eigenvalue weighted by Crippen LogP contribution is -2.39. The lowest BCUT2D eigenvalue weighted by atomic mass is 9.85. The van der Waals surface area contributed by atoms with Crippen LogP contribution in [0.15, 0.2) is 6.20 Å². The lowest BCUT2D eigenvalue weighted by molar-refractivity contribution is 0.0684. The SMILES string of the molecule is O=C(c1cn(C2CCCCC2)nn1)N1CC[C@@H]2CCCC[C@H]21. The number of carbonyl (C=O) groups is 1. The Balaban J connectivity index is 1.47. The molecule has 5 nitrogen and oxygen atoms in total. The van der Waals surface area contributed by atoms with Gasteiger partial charge in [-0.05, 0) is 38.0 Å². The third-order valence-corrected chi connectivity index (χ3v) is 5.95. The second-order valence-electron chi connectivity index (χ2n) is 7.27. The van der Waals surface area contributed by atoms with Gasteiger partial charge in [-0.15, -0.1) is 5.10 Å². The maximum absolute atomic E-state index is 12.8. The third-order valence-electron chi connectivity index (χ3n) is 5.95.